The molecule has 17 nitrogen and oxygen atoms in total. The van der Waals surface area contributed by atoms with Crippen LogP contribution in [0.3, 0.4) is 0 Å². The number of likely N-dealkylation sites (tertiary alicyclic amines) is 2. The second kappa shape index (κ2) is 22.3. The van der Waals surface area contributed by atoms with Crippen molar-refractivity contribution in [3.05, 3.63) is 101 Å². The van der Waals surface area contributed by atoms with Crippen molar-refractivity contribution >= 4 is 56.5 Å². The molecule has 0 radical (unpaired) electrons. The van der Waals surface area contributed by atoms with Gasteiger partial charge in [0.2, 0.25) is 11.8 Å². The minimum Gasteiger partial charge on any atom is -0.508 e. The van der Waals surface area contributed by atoms with E-state index in [1.54, 1.807) is 16.2 Å². The smallest absolute Gasteiger partial charge is 0.319 e. The normalized spacial score (nSPS) is 20.9. The zero-order chi connectivity index (χ0) is 55.2. The maximum atomic E-state index is 17.1. The number of aromatic nitrogens is 5. The third-order valence-corrected chi connectivity index (χ3v) is 18.1. The minimum atomic E-state index is -0.795. The third kappa shape index (κ3) is 10.9. The fraction of sp³-hybridized carbons (Fsp3) is 0.450. The molecular formula is C60H65F2N11O6S. The first kappa shape index (κ1) is 53.3. The highest BCUT2D eigenvalue weighted by Crippen LogP contribution is 2.40. The van der Waals surface area contributed by atoms with E-state index in [1.807, 2.05) is 37.6 Å². The Balaban J connectivity index is 0.626. The van der Waals surface area contributed by atoms with E-state index in [0.717, 1.165) is 66.9 Å². The number of benzene rings is 3. The first-order valence-corrected chi connectivity index (χ1v) is 28.8. The molecule has 4 unspecified atom stereocenters. The number of carbonyl (C=O) groups is 2. The average Bonchev–Trinajstić information content (AvgIpc) is 4.33. The van der Waals surface area contributed by atoms with Crippen LogP contribution in [0.5, 0.6) is 11.8 Å². The Morgan fingerprint density at radius 1 is 0.975 bits per heavy atom. The molecular weight excluding hydrogens is 1040 g/mol. The molecule has 12 rings (SSSR count). The summed E-state index contributed by atoms with van der Waals surface area (Å²) in [6, 6.07) is 15.3. The summed E-state index contributed by atoms with van der Waals surface area (Å²) in [4.78, 5) is 54.9. The number of carbonyl (C=O) groups excluding carboxylic acids is 2. The number of hydrogen-bond acceptors (Lipinski definition) is 16. The van der Waals surface area contributed by atoms with Crippen LogP contribution in [0.4, 0.5) is 20.4 Å². The van der Waals surface area contributed by atoms with Gasteiger partial charge in [0.25, 0.3) is 0 Å². The van der Waals surface area contributed by atoms with Gasteiger partial charge < -0.3 is 44.8 Å². The number of fused-ring (bicyclic) bond motifs is 4. The number of halogens is 2. The molecule has 5 aliphatic heterocycles. The van der Waals surface area contributed by atoms with Crippen molar-refractivity contribution in [3.63, 3.8) is 0 Å². The standard InChI is InChI=1S/C60H65F2N11O6S/c1-4-45-48(61)14-11-40-26-43(74)27-46(52(40)45)54-53(62)55-47(31-63-54)57(72-32-41-12-13-42(33-72)66-41)68-59(67-55)78-25-24-70-22-17-60(77,18-23-70)30-37-15-20-71(21-16-37)50-28-44(79-69-50)29-51(75)73-19-5-6-49(73)58(76)65-35(2)38-7-9-39(10-8-38)56-36(3)64-34-80-56/h1,7-11,14,26-28,31,34-35,37,41-42,49,66,74,77H,5-6,12-13,15-25,29-30,32-33H2,2-3H3,(H,65,76). The van der Waals surface area contributed by atoms with Gasteiger partial charge in [-0.2, -0.15) is 9.97 Å². The summed E-state index contributed by atoms with van der Waals surface area (Å²) in [6.07, 6.45) is 14.4. The molecule has 0 saturated carbocycles. The number of rotatable bonds is 15. The number of terminal acetylenes is 1. The van der Waals surface area contributed by atoms with E-state index in [1.165, 1.54) is 30.5 Å². The van der Waals surface area contributed by atoms with Crippen molar-refractivity contribution in [1.29, 1.82) is 0 Å². The van der Waals surface area contributed by atoms with Crippen LogP contribution >= 0.6 is 11.3 Å². The maximum Gasteiger partial charge on any atom is 0.319 e. The van der Waals surface area contributed by atoms with Gasteiger partial charge in [0, 0.05) is 87.7 Å². The number of phenols is 1. The van der Waals surface area contributed by atoms with Crippen LogP contribution < -0.4 is 25.2 Å². The number of amides is 2. The van der Waals surface area contributed by atoms with E-state index in [4.69, 9.17) is 20.7 Å². The number of anilines is 2. The Bertz CT molecular complexity index is 3490. The summed E-state index contributed by atoms with van der Waals surface area (Å²) in [5.41, 5.74) is 4.05. The van der Waals surface area contributed by atoms with Crippen LogP contribution in [0.2, 0.25) is 0 Å². The average molecular weight is 1110 g/mol. The number of hydrogen-bond donors (Lipinski definition) is 4. The van der Waals surface area contributed by atoms with Gasteiger partial charge in [-0.1, -0.05) is 41.4 Å². The summed E-state index contributed by atoms with van der Waals surface area (Å²) in [5.74, 6) is 2.51. The topological polar surface area (TPSA) is 198 Å². The zero-order valence-electron chi connectivity index (χ0n) is 45.0. The second-order valence-electron chi connectivity index (χ2n) is 22.5. The molecule has 4 aromatic heterocycles. The van der Waals surface area contributed by atoms with Crippen LogP contribution in [-0.4, -0.2) is 140 Å². The van der Waals surface area contributed by atoms with Gasteiger partial charge in [0.15, 0.2) is 11.6 Å². The molecule has 9 heterocycles. The number of aryl methyl sites for hydroxylation is 1. The number of thiazole rings is 1. The van der Waals surface area contributed by atoms with Crippen LogP contribution in [-0.2, 0) is 16.0 Å². The Morgan fingerprint density at radius 2 is 1.75 bits per heavy atom. The lowest BCUT2D eigenvalue weighted by Gasteiger charge is -2.41. The number of piperidine rings is 2. The number of ether oxygens (including phenoxy) is 1. The lowest BCUT2D eigenvalue weighted by atomic mass is 9.79. The summed E-state index contributed by atoms with van der Waals surface area (Å²) >= 11 is 1.60. The van der Waals surface area contributed by atoms with E-state index >= 15 is 8.78 Å². The van der Waals surface area contributed by atoms with Crippen molar-refractivity contribution < 1.29 is 37.8 Å². The number of piperazine rings is 1. The highest BCUT2D eigenvalue weighted by Gasteiger charge is 2.39. The van der Waals surface area contributed by atoms with Gasteiger partial charge in [-0.05, 0) is 112 Å². The molecule has 5 aliphatic rings. The van der Waals surface area contributed by atoms with E-state index in [9.17, 15) is 19.8 Å². The van der Waals surface area contributed by atoms with Crippen LogP contribution in [0.15, 0.2) is 70.8 Å². The Morgan fingerprint density at radius 3 is 2.49 bits per heavy atom. The molecule has 0 aliphatic carbocycles. The zero-order valence-corrected chi connectivity index (χ0v) is 45.8. The summed E-state index contributed by atoms with van der Waals surface area (Å²) < 4.78 is 44.1. The molecule has 3 aromatic carbocycles. The molecule has 7 aromatic rings. The molecule has 0 spiro atoms. The van der Waals surface area contributed by atoms with Crippen molar-refractivity contribution in [1.82, 2.24) is 45.5 Å². The van der Waals surface area contributed by atoms with Crippen molar-refractivity contribution in [2.24, 2.45) is 5.92 Å². The largest absolute Gasteiger partial charge is 0.508 e. The predicted octanol–water partition coefficient (Wildman–Crippen LogP) is 8.09. The quantitative estimate of drug-likeness (QED) is 0.0718. The van der Waals surface area contributed by atoms with E-state index in [0.29, 0.717) is 99.0 Å². The number of nitrogens with zero attached hydrogens (tertiary/aromatic N) is 9. The monoisotopic (exact) mass is 1110 g/mol. The van der Waals surface area contributed by atoms with Crippen LogP contribution in [0.1, 0.15) is 93.3 Å². The predicted molar refractivity (Wildman–Crippen MR) is 301 cm³/mol. The number of aromatic hydroxyl groups is 1. The molecule has 80 heavy (non-hydrogen) atoms. The molecule has 5 fully saturated rings. The number of phenolic OH excluding ortho intramolecular Hbond substituents is 1. The lowest BCUT2D eigenvalue weighted by molar-refractivity contribution is -0.138. The molecule has 5 saturated heterocycles. The molecule has 2 bridgehead atoms. The van der Waals surface area contributed by atoms with Gasteiger partial charge in [-0.3, -0.25) is 19.5 Å². The van der Waals surface area contributed by atoms with Gasteiger partial charge in [0.05, 0.1) is 45.1 Å². The summed E-state index contributed by atoms with van der Waals surface area (Å²) in [7, 11) is 0. The number of pyridine rings is 1. The first-order chi connectivity index (χ1) is 38.8. The van der Waals surface area contributed by atoms with Gasteiger partial charge in [-0.25, -0.2) is 13.8 Å². The highest BCUT2D eigenvalue weighted by atomic mass is 32.1. The van der Waals surface area contributed by atoms with Crippen molar-refractivity contribution in [3.8, 4) is 45.8 Å². The van der Waals surface area contributed by atoms with Gasteiger partial charge in [-0.15, -0.1) is 17.8 Å². The first-order valence-electron chi connectivity index (χ1n) is 27.9. The Hall–Kier alpha value is -7.31. The summed E-state index contributed by atoms with van der Waals surface area (Å²) in [6.45, 7) is 9.45. The molecule has 2 amide bonds. The van der Waals surface area contributed by atoms with Crippen molar-refractivity contribution in [2.45, 2.75) is 108 Å². The van der Waals surface area contributed by atoms with Crippen LogP contribution in [0.25, 0.3) is 43.4 Å². The van der Waals surface area contributed by atoms with Crippen molar-refractivity contribution in [2.75, 3.05) is 68.8 Å². The maximum absolute atomic E-state index is 17.1. The fourth-order valence-electron chi connectivity index (χ4n) is 12.8. The molecule has 4 N–H and O–H groups in total. The molecule has 416 valence electrons. The third-order valence-electron chi connectivity index (χ3n) is 17.2. The van der Waals surface area contributed by atoms with Gasteiger partial charge >= 0.3 is 6.01 Å². The molecule has 4 atom stereocenters. The van der Waals surface area contributed by atoms with Crippen LogP contribution in [0, 0.1) is 36.8 Å². The molecule has 20 heteroatoms. The second-order valence-corrected chi connectivity index (χ2v) is 23.3. The minimum absolute atomic E-state index is 0.00950. The van der Waals surface area contributed by atoms with E-state index in [2.05, 4.69) is 63.5 Å². The number of aliphatic hydroxyl groups is 1. The van der Waals surface area contributed by atoms with Gasteiger partial charge in [0.1, 0.15) is 47.0 Å². The lowest BCUT2D eigenvalue weighted by Crippen LogP contribution is -2.51. The SMILES string of the molecule is C#Cc1c(F)ccc2cc(O)cc(-c3ncc4c(N5CC6CCC(C5)N6)nc(OCCN5CCC(O)(CC6CCN(c7cc(CC(=O)N8CCCC8C(=O)NC(C)c8ccc(-c9scnc9C)cc8)on7)CC6)CC5)nc4c3F)c12. The van der Waals surface area contributed by atoms with E-state index < -0.39 is 23.3 Å². The Labute approximate surface area is 466 Å². The summed E-state index contributed by atoms with van der Waals surface area (Å²) in [5, 5.41) is 34.8. The fourth-order valence-corrected chi connectivity index (χ4v) is 13.6. The van der Waals surface area contributed by atoms with E-state index in [-0.39, 0.29) is 82.5 Å². The number of nitrogens with one attached hydrogen (secondary N) is 2. The highest BCUT2D eigenvalue weighted by molar-refractivity contribution is 7.13. The Kier molecular flexibility index (Phi) is 14.9.